The number of anilines is 1. The van der Waals surface area contributed by atoms with Crippen molar-refractivity contribution in [1.29, 1.82) is 0 Å². The number of rotatable bonds is 6. The van der Waals surface area contributed by atoms with Crippen molar-refractivity contribution in [2.75, 3.05) is 32.6 Å². The van der Waals surface area contributed by atoms with Crippen molar-refractivity contribution >= 4 is 23.2 Å². The Morgan fingerprint density at radius 1 is 1.53 bits per heavy atom. The van der Waals surface area contributed by atoms with Crippen LogP contribution in [0.25, 0.3) is 0 Å². The van der Waals surface area contributed by atoms with Gasteiger partial charge in [0.15, 0.2) is 12.4 Å². The normalized spacial score (nSPS) is 10.0. The topological polar surface area (TPSA) is 73.6 Å². The summed E-state index contributed by atoms with van der Waals surface area (Å²) in [6.45, 7) is 0.772. The summed E-state index contributed by atoms with van der Waals surface area (Å²) in [7, 11) is 1.56. The lowest BCUT2D eigenvalue weighted by Crippen LogP contribution is -2.31. The van der Waals surface area contributed by atoms with E-state index in [1.54, 1.807) is 25.3 Å². The fraction of sp³-hybridized carbons (Fsp3) is 0.364. The van der Waals surface area contributed by atoms with Gasteiger partial charge in [0.05, 0.1) is 17.3 Å². The van der Waals surface area contributed by atoms with Crippen molar-refractivity contribution in [2.45, 2.75) is 0 Å². The lowest BCUT2D eigenvalue weighted by molar-refractivity contribution is -0.123. The van der Waals surface area contributed by atoms with E-state index in [1.165, 1.54) is 0 Å². The molecule has 17 heavy (non-hydrogen) atoms. The molecule has 1 aromatic rings. The Morgan fingerprint density at radius 2 is 2.29 bits per heavy atom. The summed E-state index contributed by atoms with van der Waals surface area (Å²) in [5.74, 6) is 0.0810. The van der Waals surface area contributed by atoms with Crippen LogP contribution in [0, 0.1) is 0 Å². The van der Waals surface area contributed by atoms with E-state index in [1.807, 2.05) is 0 Å². The molecule has 0 saturated carbocycles. The summed E-state index contributed by atoms with van der Waals surface area (Å²) < 4.78 is 10.0. The van der Waals surface area contributed by atoms with Crippen molar-refractivity contribution in [1.82, 2.24) is 5.32 Å². The second kappa shape index (κ2) is 6.98. The standard InChI is InChI=1S/C11H15ClN2O3/c1-16-6-5-14-10(15)7-17-11-8(12)3-2-4-9(11)13/h2-4H,5-7,13H2,1H3,(H,14,15). The monoisotopic (exact) mass is 258 g/mol. The Hall–Kier alpha value is -1.46. The SMILES string of the molecule is COCCNC(=O)COc1c(N)cccc1Cl. The largest absolute Gasteiger partial charge is 0.480 e. The fourth-order valence-electron chi connectivity index (χ4n) is 1.16. The molecule has 3 N–H and O–H groups in total. The Morgan fingerprint density at radius 3 is 2.94 bits per heavy atom. The third kappa shape index (κ3) is 4.50. The van der Waals surface area contributed by atoms with E-state index in [9.17, 15) is 4.79 Å². The van der Waals surface area contributed by atoms with E-state index in [0.29, 0.717) is 29.6 Å². The first kappa shape index (κ1) is 13.6. The maximum atomic E-state index is 11.3. The Balaban J connectivity index is 2.42. The number of carbonyl (C=O) groups is 1. The van der Waals surface area contributed by atoms with Crippen molar-refractivity contribution in [2.24, 2.45) is 0 Å². The van der Waals surface area contributed by atoms with E-state index < -0.39 is 0 Å². The molecule has 0 aliphatic carbocycles. The molecule has 5 nitrogen and oxygen atoms in total. The molecule has 0 bridgehead atoms. The second-order valence-corrected chi connectivity index (χ2v) is 3.70. The number of hydrogen-bond donors (Lipinski definition) is 2. The Bertz CT molecular complexity index is 365. The van der Waals surface area contributed by atoms with E-state index in [4.69, 9.17) is 26.8 Å². The quantitative estimate of drug-likeness (QED) is 0.591. The number of benzene rings is 1. The average molecular weight is 259 g/mol. The van der Waals surface area contributed by atoms with Crippen LogP contribution >= 0.6 is 11.6 Å². The van der Waals surface area contributed by atoms with Crippen molar-refractivity contribution in [3.8, 4) is 5.75 Å². The van der Waals surface area contributed by atoms with E-state index in [-0.39, 0.29) is 12.5 Å². The summed E-state index contributed by atoms with van der Waals surface area (Å²) in [5, 5.41) is 3.00. The van der Waals surface area contributed by atoms with Gasteiger partial charge in [-0.2, -0.15) is 0 Å². The molecule has 0 aliphatic rings. The molecule has 1 rings (SSSR count). The van der Waals surface area contributed by atoms with Gasteiger partial charge in [-0.1, -0.05) is 17.7 Å². The van der Waals surface area contributed by atoms with Gasteiger partial charge in [-0.05, 0) is 12.1 Å². The predicted octanol–water partition coefficient (Wildman–Crippen LogP) is 1.06. The highest BCUT2D eigenvalue weighted by atomic mass is 35.5. The molecule has 1 amide bonds. The minimum atomic E-state index is -0.249. The van der Waals surface area contributed by atoms with E-state index in [2.05, 4.69) is 5.32 Å². The molecule has 1 aromatic carbocycles. The first-order valence-corrected chi connectivity index (χ1v) is 5.45. The molecule has 0 atom stereocenters. The third-order valence-electron chi connectivity index (χ3n) is 1.97. The molecule has 0 aliphatic heterocycles. The number of para-hydroxylation sites is 1. The second-order valence-electron chi connectivity index (χ2n) is 3.29. The van der Waals surface area contributed by atoms with Gasteiger partial charge < -0.3 is 20.5 Å². The summed E-state index contributed by atoms with van der Waals surface area (Å²) >= 11 is 5.88. The van der Waals surface area contributed by atoms with Crippen LogP contribution in [0.5, 0.6) is 5.75 Å². The van der Waals surface area contributed by atoms with E-state index >= 15 is 0 Å². The van der Waals surface area contributed by atoms with Crippen LogP contribution in [-0.2, 0) is 9.53 Å². The highest BCUT2D eigenvalue weighted by molar-refractivity contribution is 6.32. The molecule has 0 radical (unpaired) electrons. The average Bonchev–Trinajstić information content (AvgIpc) is 2.29. The molecule has 94 valence electrons. The zero-order valence-electron chi connectivity index (χ0n) is 9.53. The molecule has 0 unspecified atom stereocenters. The van der Waals surface area contributed by atoms with Crippen LogP contribution in [0.15, 0.2) is 18.2 Å². The molecular weight excluding hydrogens is 244 g/mol. The first-order valence-electron chi connectivity index (χ1n) is 5.07. The van der Waals surface area contributed by atoms with Crippen LogP contribution < -0.4 is 15.8 Å². The third-order valence-corrected chi connectivity index (χ3v) is 2.27. The van der Waals surface area contributed by atoms with Crippen LogP contribution in [0.4, 0.5) is 5.69 Å². The zero-order chi connectivity index (χ0) is 12.7. The van der Waals surface area contributed by atoms with Crippen LogP contribution in [0.2, 0.25) is 5.02 Å². The number of carbonyl (C=O) groups excluding carboxylic acids is 1. The summed E-state index contributed by atoms with van der Waals surface area (Å²) in [6, 6.07) is 5.02. The van der Waals surface area contributed by atoms with Crippen LogP contribution in [0.3, 0.4) is 0 Å². The summed E-state index contributed by atoms with van der Waals surface area (Å²) in [4.78, 5) is 11.3. The first-order chi connectivity index (χ1) is 8.15. The Labute approximate surface area is 105 Å². The van der Waals surface area contributed by atoms with Gasteiger partial charge in [-0.3, -0.25) is 4.79 Å². The highest BCUT2D eigenvalue weighted by Gasteiger charge is 2.08. The van der Waals surface area contributed by atoms with Gasteiger partial charge in [0.1, 0.15) is 0 Å². The number of hydrogen-bond acceptors (Lipinski definition) is 4. The smallest absolute Gasteiger partial charge is 0.258 e. The van der Waals surface area contributed by atoms with Gasteiger partial charge in [0, 0.05) is 13.7 Å². The van der Waals surface area contributed by atoms with Gasteiger partial charge in [-0.15, -0.1) is 0 Å². The van der Waals surface area contributed by atoms with Crippen molar-refractivity contribution in [3.05, 3.63) is 23.2 Å². The number of nitrogens with one attached hydrogen (secondary N) is 1. The molecule has 0 aromatic heterocycles. The van der Waals surface area contributed by atoms with Crippen molar-refractivity contribution < 1.29 is 14.3 Å². The number of nitrogen functional groups attached to an aromatic ring is 1. The number of ether oxygens (including phenoxy) is 2. The fourth-order valence-corrected chi connectivity index (χ4v) is 1.40. The highest BCUT2D eigenvalue weighted by Crippen LogP contribution is 2.30. The summed E-state index contributed by atoms with van der Waals surface area (Å²) in [6.07, 6.45) is 0. The molecule has 6 heteroatoms. The maximum Gasteiger partial charge on any atom is 0.258 e. The van der Waals surface area contributed by atoms with Crippen molar-refractivity contribution in [3.63, 3.8) is 0 Å². The van der Waals surface area contributed by atoms with Gasteiger partial charge in [0.25, 0.3) is 5.91 Å². The lowest BCUT2D eigenvalue weighted by Gasteiger charge is -2.10. The number of nitrogens with two attached hydrogens (primary N) is 1. The van der Waals surface area contributed by atoms with Gasteiger partial charge >= 0.3 is 0 Å². The number of halogens is 1. The molecule has 0 saturated heterocycles. The Kier molecular flexibility index (Phi) is 5.59. The molecular formula is C11H15ClN2O3. The minimum Gasteiger partial charge on any atom is -0.480 e. The molecule has 0 fully saturated rings. The maximum absolute atomic E-state index is 11.3. The van der Waals surface area contributed by atoms with E-state index in [0.717, 1.165) is 0 Å². The summed E-state index contributed by atoms with van der Waals surface area (Å²) in [5.41, 5.74) is 6.07. The predicted molar refractivity (Wildman–Crippen MR) is 66.2 cm³/mol. The van der Waals surface area contributed by atoms with Gasteiger partial charge in [-0.25, -0.2) is 0 Å². The zero-order valence-corrected chi connectivity index (χ0v) is 10.3. The van der Waals surface area contributed by atoms with Gasteiger partial charge in [0.2, 0.25) is 0 Å². The number of amides is 1. The van der Waals surface area contributed by atoms with Crippen LogP contribution in [0.1, 0.15) is 0 Å². The number of methoxy groups -OCH3 is 1. The molecule has 0 spiro atoms. The molecule has 0 heterocycles. The lowest BCUT2D eigenvalue weighted by atomic mass is 10.3. The van der Waals surface area contributed by atoms with Crippen LogP contribution in [-0.4, -0.2) is 32.8 Å². The minimum absolute atomic E-state index is 0.127.